The molecule has 9 rings (SSSR count). The number of anilines is 2. The van der Waals surface area contributed by atoms with E-state index in [1.807, 2.05) is 11.3 Å². The van der Waals surface area contributed by atoms with Gasteiger partial charge < -0.3 is 9.88 Å². The highest BCUT2D eigenvalue weighted by Gasteiger charge is 2.27. The number of rotatable bonds is 3. The molecule has 0 unspecified atom stereocenters. The van der Waals surface area contributed by atoms with E-state index < -0.39 is 0 Å². The van der Waals surface area contributed by atoms with Crippen LogP contribution in [-0.4, -0.2) is 11.8 Å². The van der Waals surface area contributed by atoms with Gasteiger partial charge in [-0.15, -0.1) is 11.3 Å². The molecule has 4 heteroatoms. The number of aromatic nitrogens is 1. The van der Waals surface area contributed by atoms with E-state index in [0.29, 0.717) is 0 Å². The monoisotopic (exact) mass is 554 g/mol. The van der Waals surface area contributed by atoms with Gasteiger partial charge in [-0.3, -0.25) is 0 Å². The lowest BCUT2D eigenvalue weighted by Gasteiger charge is -2.25. The van der Waals surface area contributed by atoms with Crippen LogP contribution in [0.1, 0.15) is 11.1 Å². The van der Waals surface area contributed by atoms with Gasteiger partial charge in [0.1, 0.15) is 0 Å². The molecule has 1 aliphatic rings. The number of nitrogens with zero attached hydrogens (tertiary/aromatic N) is 1. The van der Waals surface area contributed by atoms with Gasteiger partial charge in [0.05, 0.1) is 15.9 Å². The number of benzene rings is 6. The molecule has 8 aromatic rings. The Balaban J connectivity index is 1.37. The van der Waals surface area contributed by atoms with Crippen molar-refractivity contribution >= 4 is 82.9 Å². The minimum absolute atomic E-state index is 0.910. The number of aryl methyl sites for hydroxylation is 2. The van der Waals surface area contributed by atoms with Crippen LogP contribution in [0.2, 0.25) is 0 Å². The minimum Gasteiger partial charge on any atom is -0.354 e. The summed E-state index contributed by atoms with van der Waals surface area (Å²) in [4.78, 5) is 0. The Kier molecular flexibility index (Phi) is 5.03. The van der Waals surface area contributed by atoms with E-state index in [-0.39, 0.29) is 0 Å². The van der Waals surface area contributed by atoms with Crippen LogP contribution in [0.3, 0.4) is 0 Å². The molecule has 0 bridgehead atoms. The molecule has 1 aliphatic heterocycles. The molecule has 0 saturated carbocycles. The molecule has 1 N–H and O–H groups in total. The summed E-state index contributed by atoms with van der Waals surface area (Å²) in [5, 5.41) is 9.22. The topological polar surface area (TPSA) is 17.0 Å². The van der Waals surface area contributed by atoms with Gasteiger partial charge in [0.15, 0.2) is 7.28 Å². The normalized spacial score (nSPS) is 12.2. The highest BCUT2D eigenvalue weighted by atomic mass is 32.1. The third-order valence-electron chi connectivity index (χ3n) is 9.00. The van der Waals surface area contributed by atoms with Crippen molar-refractivity contribution < 1.29 is 0 Å². The van der Waals surface area contributed by atoms with Crippen LogP contribution in [0.25, 0.3) is 58.8 Å². The second-order valence-corrected chi connectivity index (χ2v) is 12.6. The zero-order valence-corrected chi connectivity index (χ0v) is 24.3. The standard InChI is InChI=1S/C38H27BN2S/c1-22-20-29(35-33(21-22)41-32-16-7-4-11-24(32)27-13-9-14-30(39-35)37(27)41)26-18-19-28-25-12-5-8-17-34(25)42-38(28)36(26)40-31-15-6-3-10-23(31)2/h3-21,39-40H,1-2H3. The maximum atomic E-state index is 3.94. The highest BCUT2D eigenvalue weighted by molar-refractivity contribution is 7.26. The van der Waals surface area contributed by atoms with Gasteiger partial charge in [0.2, 0.25) is 0 Å². The molecule has 0 aliphatic carbocycles. The third kappa shape index (κ3) is 3.33. The van der Waals surface area contributed by atoms with Crippen LogP contribution >= 0.6 is 11.3 Å². The predicted molar refractivity (Wildman–Crippen MR) is 185 cm³/mol. The van der Waals surface area contributed by atoms with Crippen molar-refractivity contribution in [1.29, 1.82) is 0 Å². The zero-order chi connectivity index (χ0) is 27.9. The summed E-state index contributed by atoms with van der Waals surface area (Å²) in [6.07, 6.45) is 0. The molecular weight excluding hydrogens is 527 g/mol. The van der Waals surface area contributed by atoms with Gasteiger partial charge in [-0.25, -0.2) is 0 Å². The van der Waals surface area contributed by atoms with E-state index in [4.69, 9.17) is 0 Å². The van der Waals surface area contributed by atoms with Gasteiger partial charge in [-0.1, -0.05) is 96.5 Å². The fraction of sp³-hybridized carbons (Fsp3) is 0.0526. The third-order valence-corrected chi connectivity index (χ3v) is 10.2. The van der Waals surface area contributed by atoms with Crippen molar-refractivity contribution in [3.63, 3.8) is 0 Å². The van der Waals surface area contributed by atoms with Gasteiger partial charge in [0, 0.05) is 48.7 Å². The van der Waals surface area contributed by atoms with E-state index in [2.05, 4.69) is 139 Å². The Morgan fingerprint density at radius 3 is 2.36 bits per heavy atom. The van der Waals surface area contributed by atoms with Crippen molar-refractivity contribution in [3.05, 3.63) is 126 Å². The second-order valence-electron chi connectivity index (χ2n) is 11.6. The first-order valence-electron chi connectivity index (χ1n) is 14.6. The molecule has 6 aromatic carbocycles. The van der Waals surface area contributed by atoms with Crippen molar-refractivity contribution in [2.24, 2.45) is 0 Å². The molecule has 0 spiro atoms. The van der Waals surface area contributed by atoms with Crippen LogP contribution in [0.15, 0.2) is 115 Å². The average molecular weight is 555 g/mol. The van der Waals surface area contributed by atoms with Gasteiger partial charge in [0.25, 0.3) is 0 Å². The van der Waals surface area contributed by atoms with Crippen LogP contribution in [-0.2, 0) is 0 Å². The second kappa shape index (κ2) is 8.85. The lowest BCUT2D eigenvalue weighted by molar-refractivity contribution is 1.18. The maximum Gasteiger partial charge on any atom is 0.198 e. The number of nitrogens with one attached hydrogen (secondary N) is 1. The summed E-state index contributed by atoms with van der Waals surface area (Å²) in [7, 11) is 0.910. The SMILES string of the molecule is Cc1cc(-c2ccc3c(sc4ccccc43)c2Nc2ccccc2C)c2c(c1)-n1c3ccccc3c3cccc(c31)B2. The Labute approximate surface area is 249 Å². The molecule has 2 aromatic heterocycles. The first-order chi connectivity index (χ1) is 20.7. The average Bonchev–Trinajstić information content (AvgIpc) is 3.56. The Bertz CT molecular complexity index is 2390. The van der Waals surface area contributed by atoms with Crippen molar-refractivity contribution in [1.82, 2.24) is 4.57 Å². The molecule has 3 heterocycles. The predicted octanol–water partition coefficient (Wildman–Crippen LogP) is 8.88. The van der Waals surface area contributed by atoms with E-state index in [1.54, 1.807) is 0 Å². The molecular formula is C38H27BN2S. The van der Waals surface area contributed by atoms with Crippen LogP contribution in [0.5, 0.6) is 0 Å². The Morgan fingerprint density at radius 2 is 1.45 bits per heavy atom. The van der Waals surface area contributed by atoms with E-state index in [0.717, 1.165) is 13.0 Å². The van der Waals surface area contributed by atoms with Gasteiger partial charge in [-0.2, -0.15) is 0 Å². The van der Waals surface area contributed by atoms with Crippen molar-refractivity contribution in [3.8, 4) is 16.8 Å². The number of hydrogen-bond acceptors (Lipinski definition) is 2. The van der Waals surface area contributed by atoms with Gasteiger partial charge >= 0.3 is 0 Å². The molecule has 2 nitrogen and oxygen atoms in total. The molecule has 0 saturated heterocycles. The fourth-order valence-corrected chi connectivity index (χ4v) is 8.29. The summed E-state index contributed by atoms with van der Waals surface area (Å²) in [6.45, 7) is 4.42. The lowest BCUT2D eigenvalue weighted by atomic mass is 9.59. The highest BCUT2D eigenvalue weighted by Crippen LogP contribution is 2.45. The van der Waals surface area contributed by atoms with E-state index in [9.17, 15) is 0 Å². The lowest BCUT2D eigenvalue weighted by Crippen LogP contribution is -2.37. The quantitative estimate of drug-likeness (QED) is 0.216. The Morgan fingerprint density at radius 1 is 0.667 bits per heavy atom. The Hall–Kier alpha value is -4.80. The van der Waals surface area contributed by atoms with Gasteiger partial charge in [-0.05, 0) is 60.3 Å². The molecule has 0 fully saturated rings. The summed E-state index contributed by atoms with van der Waals surface area (Å²) in [5.74, 6) is 0. The first kappa shape index (κ1) is 23.9. The van der Waals surface area contributed by atoms with E-state index in [1.165, 1.54) is 86.5 Å². The van der Waals surface area contributed by atoms with Crippen LogP contribution in [0.4, 0.5) is 11.4 Å². The number of fused-ring (bicyclic) bond motifs is 8. The molecule has 42 heavy (non-hydrogen) atoms. The smallest absolute Gasteiger partial charge is 0.198 e. The molecule has 0 amide bonds. The summed E-state index contributed by atoms with van der Waals surface area (Å²) in [5.41, 5.74) is 14.1. The number of thiophene rings is 1. The van der Waals surface area contributed by atoms with E-state index >= 15 is 0 Å². The summed E-state index contributed by atoms with van der Waals surface area (Å²) < 4.78 is 5.14. The minimum atomic E-state index is 0.910. The fourth-order valence-electron chi connectivity index (χ4n) is 7.08. The van der Waals surface area contributed by atoms with Crippen LogP contribution in [0, 0.1) is 13.8 Å². The van der Waals surface area contributed by atoms with Crippen molar-refractivity contribution in [2.75, 3.05) is 5.32 Å². The summed E-state index contributed by atoms with van der Waals surface area (Å²) in [6, 6.07) is 42.5. The number of para-hydroxylation sites is 3. The largest absolute Gasteiger partial charge is 0.354 e. The maximum absolute atomic E-state index is 3.94. The zero-order valence-electron chi connectivity index (χ0n) is 23.5. The molecule has 0 atom stereocenters. The molecule has 198 valence electrons. The number of hydrogen-bond donors (Lipinski definition) is 1. The molecule has 0 radical (unpaired) electrons. The van der Waals surface area contributed by atoms with Crippen LogP contribution < -0.4 is 16.2 Å². The first-order valence-corrected chi connectivity index (χ1v) is 15.4. The summed E-state index contributed by atoms with van der Waals surface area (Å²) >= 11 is 1.88. The van der Waals surface area contributed by atoms with Crippen molar-refractivity contribution in [2.45, 2.75) is 13.8 Å².